The average Bonchev–Trinajstić information content (AvgIpc) is 2.68. The van der Waals surface area contributed by atoms with Crippen LogP contribution < -0.4 is 5.32 Å². The molecule has 0 aliphatic rings. The van der Waals surface area contributed by atoms with Crippen molar-refractivity contribution in [1.29, 1.82) is 0 Å². The van der Waals surface area contributed by atoms with E-state index in [4.69, 9.17) is 0 Å². The summed E-state index contributed by atoms with van der Waals surface area (Å²) >= 11 is 0. The molecule has 3 rings (SSSR count). The van der Waals surface area contributed by atoms with Gasteiger partial charge < -0.3 is 10.1 Å². The number of benzene rings is 2. The van der Waals surface area contributed by atoms with Crippen LogP contribution in [0.3, 0.4) is 0 Å². The van der Waals surface area contributed by atoms with Gasteiger partial charge in [-0.25, -0.2) is 9.78 Å². The highest BCUT2D eigenvalue weighted by molar-refractivity contribution is 6.08. The van der Waals surface area contributed by atoms with E-state index in [1.807, 2.05) is 48.5 Å². The smallest absolute Gasteiger partial charge is 0.339 e. The maximum absolute atomic E-state index is 12.6. The molecule has 0 spiro atoms. The van der Waals surface area contributed by atoms with Crippen molar-refractivity contribution in [2.75, 3.05) is 12.4 Å². The molecule has 0 bridgehead atoms. The number of hydrogen-bond donors (Lipinski definition) is 1. The minimum Gasteiger partial charge on any atom is -0.465 e. The topological polar surface area (TPSA) is 68.3 Å². The molecule has 0 radical (unpaired) electrons. The standard InChI is InChI=1S/C20H16N2O3/c1-25-20(24)15-11-12-18(21-13-15)22-19(23)17-10-6-5-9-16(17)14-7-3-2-4-8-14/h2-13H,1H3,(H,21,22,23). The summed E-state index contributed by atoms with van der Waals surface area (Å²) in [4.78, 5) is 28.1. The zero-order valence-corrected chi connectivity index (χ0v) is 13.6. The van der Waals surface area contributed by atoms with E-state index < -0.39 is 5.97 Å². The van der Waals surface area contributed by atoms with Gasteiger partial charge in [0.05, 0.1) is 12.7 Å². The molecule has 0 aliphatic heterocycles. The third kappa shape index (κ3) is 3.72. The molecule has 0 aliphatic carbocycles. The van der Waals surface area contributed by atoms with Gasteiger partial charge in [-0.05, 0) is 29.3 Å². The number of anilines is 1. The van der Waals surface area contributed by atoms with E-state index in [9.17, 15) is 9.59 Å². The average molecular weight is 332 g/mol. The van der Waals surface area contributed by atoms with Gasteiger partial charge in [0.2, 0.25) is 0 Å². The minimum atomic E-state index is -0.472. The van der Waals surface area contributed by atoms with Crippen LogP contribution in [0, 0.1) is 0 Å². The molecule has 1 heterocycles. The van der Waals surface area contributed by atoms with Crippen LogP contribution in [0.1, 0.15) is 20.7 Å². The van der Waals surface area contributed by atoms with Gasteiger partial charge in [0.15, 0.2) is 0 Å². The highest BCUT2D eigenvalue weighted by Gasteiger charge is 2.13. The van der Waals surface area contributed by atoms with Crippen LogP contribution in [0.25, 0.3) is 11.1 Å². The van der Waals surface area contributed by atoms with E-state index in [0.717, 1.165) is 11.1 Å². The lowest BCUT2D eigenvalue weighted by atomic mass is 9.99. The Kier molecular flexibility index (Phi) is 4.85. The van der Waals surface area contributed by atoms with Crippen LogP contribution in [0.2, 0.25) is 0 Å². The van der Waals surface area contributed by atoms with Crippen molar-refractivity contribution >= 4 is 17.7 Å². The number of aromatic nitrogens is 1. The summed E-state index contributed by atoms with van der Waals surface area (Å²) in [5, 5.41) is 2.75. The molecule has 25 heavy (non-hydrogen) atoms. The Morgan fingerprint density at radius 1 is 0.920 bits per heavy atom. The Balaban J connectivity index is 1.84. The van der Waals surface area contributed by atoms with Crippen molar-refractivity contribution in [3.8, 4) is 11.1 Å². The fourth-order valence-electron chi connectivity index (χ4n) is 2.44. The molecule has 2 aromatic carbocycles. The lowest BCUT2D eigenvalue weighted by Gasteiger charge is -2.10. The number of nitrogens with one attached hydrogen (secondary N) is 1. The van der Waals surface area contributed by atoms with Gasteiger partial charge in [-0.15, -0.1) is 0 Å². The van der Waals surface area contributed by atoms with Gasteiger partial charge in [-0.2, -0.15) is 0 Å². The Hall–Kier alpha value is -3.47. The van der Waals surface area contributed by atoms with Crippen LogP contribution in [0.5, 0.6) is 0 Å². The van der Waals surface area contributed by atoms with Crippen molar-refractivity contribution in [3.05, 3.63) is 84.1 Å². The van der Waals surface area contributed by atoms with E-state index >= 15 is 0 Å². The Morgan fingerprint density at radius 3 is 2.32 bits per heavy atom. The third-order valence-corrected chi connectivity index (χ3v) is 3.68. The molecular weight excluding hydrogens is 316 g/mol. The molecule has 1 aromatic heterocycles. The second-order valence-electron chi connectivity index (χ2n) is 5.29. The highest BCUT2D eigenvalue weighted by Crippen LogP contribution is 2.24. The number of amides is 1. The van der Waals surface area contributed by atoms with Crippen molar-refractivity contribution in [2.45, 2.75) is 0 Å². The minimum absolute atomic E-state index is 0.266. The number of ether oxygens (including phenoxy) is 1. The molecule has 1 N–H and O–H groups in total. The van der Waals surface area contributed by atoms with E-state index in [-0.39, 0.29) is 5.91 Å². The zero-order chi connectivity index (χ0) is 17.6. The first kappa shape index (κ1) is 16.4. The van der Waals surface area contributed by atoms with Gasteiger partial charge in [-0.3, -0.25) is 4.79 Å². The SMILES string of the molecule is COC(=O)c1ccc(NC(=O)c2ccccc2-c2ccccc2)nc1. The molecule has 0 fully saturated rings. The first-order valence-corrected chi connectivity index (χ1v) is 7.69. The molecular formula is C20H16N2O3. The van der Waals surface area contributed by atoms with Crippen molar-refractivity contribution in [3.63, 3.8) is 0 Å². The number of carbonyl (C=O) groups excluding carboxylic acids is 2. The van der Waals surface area contributed by atoms with Gasteiger partial charge in [-0.1, -0.05) is 48.5 Å². The zero-order valence-electron chi connectivity index (χ0n) is 13.6. The van der Waals surface area contributed by atoms with Crippen LogP contribution >= 0.6 is 0 Å². The fraction of sp³-hybridized carbons (Fsp3) is 0.0500. The largest absolute Gasteiger partial charge is 0.465 e. The molecule has 1 amide bonds. The van der Waals surface area contributed by atoms with Gasteiger partial charge in [0, 0.05) is 11.8 Å². The predicted molar refractivity (Wildman–Crippen MR) is 95.4 cm³/mol. The van der Waals surface area contributed by atoms with Gasteiger partial charge in [0.1, 0.15) is 5.82 Å². The number of pyridine rings is 1. The Labute approximate surface area is 145 Å². The number of nitrogens with zero attached hydrogens (tertiary/aromatic N) is 1. The normalized spacial score (nSPS) is 10.1. The van der Waals surface area contributed by atoms with Crippen LogP contribution in [0.15, 0.2) is 72.9 Å². The van der Waals surface area contributed by atoms with Gasteiger partial charge in [0.25, 0.3) is 5.91 Å². The maximum Gasteiger partial charge on any atom is 0.339 e. The summed E-state index contributed by atoms with van der Waals surface area (Å²) in [5.41, 5.74) is 2.67. The Morgan fingerprint density at radius 2 is 1.64 bits per heavy atom. The van der Waals surface area contributed by atoms with Crippen LogP contribution in [0.4, 0.5) is 5.82 Å². The van der Waals surface area contributed by atoms with Crippen molar-refractivity contribution < 1.29 is 14.3 Å². The van der Waals surface area contributed by atoms with E-state index in [0.29, 0.717) is 16.9 Å². The first-order valence-electron chi connectivity index (χ1n) is 7.69. The summed E-state index contributed by atoms with van der Waals surface area (Å²) in [5.74, 6) is -0.377. The van der Waals surface area contributed by atoms with E-state index in [1.165, 1.54) is 13.3 Å². The lowest BCUT2D eigenvalue weighted by molar-refractivity contribution is 0.0600. The molecule has 3 aromatic rings. The van der Waals surface area contributed by atoms with Gasteiger partial charge >= 0.3 is 5.97 Å². The number of esters is 1. The second kappa shape index (κ2) is 7.40. The summed E-state index contributed by atoms with van der Waals surface area (Å²) in [7, 11) is 1.30. The molecule has 0 saturated heterocycles. The predicted octanol–water partition coefficient (Wildman–Crippen LogP) is 3.79. The third-order valence-electron chi connectivity index (χ3n) is 3.68. The number of methoxy groups -OCH3 is 1. The summed E-state index contributed by atoms with van der Waals surface area (Å²) in [6, 6.07) is 20.2. The maximum atomic E-state index is 12.6. The second-order valence-corrected chi connectivity index (χ2v) is 5.29. The molecule has 0 unspecified atom stereocenters. The highest BCUT2D eigenvalue weighted by atomic mass is 16.5. The molecule has 124 valence electrons. The van der Waals surface area contributed by atoms with Crippen LogP contribution in [-0.2, 0) is 4.74 Å². The van der Waals surface area contributed by atoms with Crippen LogP contribution in [-0.4, -0.2) is 24.0 Å². The first-order chi connectivity index (χ1) is 12.2. The number of rotatable bonds is 4. The summed E-state index contributed by atoms with van der Waals surface area (Å²) in [6.45, 7) is 0. The lowest BCUT2D eigenvalue weighted by Crippen LogP contribution is -2.14. The quantitative estimate of drug-likeness (QED) is 0.738. The molecule has 0 atom stereocenters. The fourth-order valence-corrected chi connectivity index (χ4v) is 2.44. The van der Waals surface area contributed by atoms with Crippen molar-refractivity contribution in [2.24, 2.45) is 0 Å². The molecule has 5 heteroatoms. The monoisotopic (exact) mass is 332 g/mol. The van der Waals surface area contributed by atoms with Crippen molar-refractivity contribution in [1.82, 2.24) is 4.98 Å². The Bertz CT molecular complexity index is 890. The van der Waals surface area contributed by atoms with E-state index in [2.05, 4.69) is 15.0 Å². The summed E-state index contributed by atoms with van der Waals surface area (Å²) < 4.78 is 4.62. The summed E-state index contributed by atoms with van der Waals surface area (Å²) in [6.07, 6.45) is 1.37. The molecule has 0 saturated carbocycles. The molecule has 5 nitrogen and oxygen atoms in total. The number of hydrogen-bond acceptors (Lipinski definition) is 4. The van der Waals surface area contributed by atoms with E-state index in [1.54, 1.807) is 18.2 Å². The number of carbonyl (C=O) groups is 2.